The SMILES string of the molecule is CCOC(=O)C(C)(C)Oc1c(C)cc(C(C)O)cc1C. The molecule has 0 aliphatic carbocycles. The van der Waals surface area contributed by atoms with Crippen LogP contribution < -0.4 is 4.74 Å². The maximum atomic E-state index is 11.9. The Hall–Kier alpha value is -1.55. The molecule has 0 aliphatic heterocycles. The molecule has 20 heavy (non-hydrogen) atoms. The summed E-state index contributed by atoms with van der Waals surface area (Å²) in [5, 5.41) is 9.64. The lowest BCUT2D eigenvalue weighted by Crippen LogP contribution is -2.40. The molecular formula is C16H24O4. The Morgan fingerprint density at radius 1 is 1.30 bits per heavy atom. The fraction of sp³-hybridized carbons (Fsp3) is 0.562. The first-order valence-corrected chi connectivity index (χ1v) is 6.84. The molecule has 1 aromatic rings. The number of aliphatic hydroxyl groups excluding tert-OH is 1. The van der Waals surface area contributed by atoms with Crippen molar-refractivity contribution in [2.24, 2.45) is 0 Å². The van der Waals surface area contributed by atoms with Gasteiger partial charge < -0.3 is 14.6 Å². The van der Waals surface area contributed by atoms with Gasteiger partial charge in [0.05, 0.1) is 12.7 Å². The fourth-order valence-electron chi connectivity index (χ4n) is 1.99. The minimum atomic E-state index is -1.04. The van der Waals surface area contributed by atoms with Crippen LogP contribution in [0.4, 0.5) is 0 Å². The van der Waals surface area contributed by atoms with E-state index in [4.69, 9.17) is 9.47 Å². The molecule has 0 bridgehead atoms. The number of carbonyl (C=O) groups excluding carboxylic acids is 1. The van der Waals surface area contributed by atoms with Gasteiger partial charge in [-0.25, -0.2) is 4.79 Å². The highest BCUT2D eigenvalue weighted by molar-refractivity contribution is 5.79. The topological polar surface area (TPSA) is 55.8 Å². The monoisotopic (exact) mass is 280 g/mol. The van der Waals surface area contributed by atoms with Crippen LogP contribution in [0.2, 0.25) is 0 Å². The van der Waals surface area contributed by atoms with Crippen molar-refractivity contribution >= 4 is 5.97 Å². The second kappa shape index (κ2) is 6.27. The van der Waals surface area contributed by atoms with Crippen LogP contribution in [0.1, 0.15) is 50.5 Å². The van der Waals surface area contributed by atoms with E-state index in [-0.39, 0.29) is 0 Å². The zero-order valence-electron chi connectivity index (χ0n) is 13.1. The molecule has 0 amide bonds. The third-order valence-corrected chi connectivity index (χ3v) is 3.09. The van der Waals surface area contributed by atoms with Crippen molar-refractivity contribution in [3.05, 3.63) is 28.8 Å². The van der Waals surface area contributed by atoms with E-state index >= 15 is 0 Å². The van der Waals surface area contributed by atoms with E-state index in [9.17, 15) is 9.90 Å². The molecule has 1 atom stereocenters. The summed E-state index contributed by atoms with van der Waals surface area (Å²) in [6.07, 6.45) is -0.528. The quantitative estimate of drug-likeness (QED) is 0.842. The summed E-state index contributed by atoms with van der Waals surface area (Å²) in [4.78, 5) is 11.9. The van der Waals surface area contributed by atoms with Crippen molar-refractivity contribution < 1.29 is 19.4 Å². The van der Waals surface area contributed by atoms with Gasteiger partial charge in [0.25, 0.3) is 0 Å². The molecule has 0 radical (unpaired) electrons. The van der Waals surface area contributed by atoms with Crippen LogP contribution >= 0.6 is 0 Å². The first-order chi connectivity index (χ1) is 9.19. The lowest BCUT2D eigenvalue weighted by Gasteiger charge is -2.26. The van der Waals surface area contributed by atoms with Crippen molar-refractivity contribution in [2.75, 3.05) is 6.61 Å². The molecule has 112 valence electrons. The summed E-state index contributed by atoms with van der Waals surface area (Å²) in [5.74, 6) is 0.269. The number of hydrogen-bond acceptors (Lipinski definition) is 4. The highest BCUT2D eigenvalue weighted by Gasteiger charge is 2.32. The summed E-state index contributed by atoms with van der Waals surface area (Å²) in [6, 6.07) is 3.74. The molecule has 4 nitrogen and oxygen atoms in total. The van der Waals surface area contributed by atoms with E-state index in [0.717, 1.165) is 16.7 Å². The van der Waals surface area contributed by atoms with Gasteiger partial charge in [-0.1, -0.05) is 0 Å². The van der Waals surface area contributed by atoms with E-state index in [1.165, 1.54) is 0 Å². The van der Waals surface area contributed by atoms with Crippen LogP contribution in [0.3, 0.4) is 0 Å². The molecule has 0 fully saturated rings. The lowest BCUT2D eigenvalue weighted by molar-refractivity contribution is -0.158. The van der Waals surface area contributed by atoms with Crippen LogP contribution in [0.5, 0.6) is 5.75 Å². The van der Waals surface area contributed by atoms with Crippen LogP contribution in [-0.2, 0) is 9.53 Å². The maximum Gasteiger partial charge on any atom is 0.349 e. The molecule has 1 N–H and O–H groups in total. The Balaban J connectivity index is 3.07. The summed E-state index contributed by atoms with van der Waals surface area (Å²) in [6.45, 7) is 11.0. The van der Waals surface area contributed by atoms with E-state index in [1.807, 2.05) is 26.0 Å². The van der Waals surface area contributed by atoms with E-state index in [2.05, 4.69) is 0 Å². The van der Waals surface area contributed by atoms with Crippen molar-refractivity contribution in [3.8, 4) is 5.75 Å². The first-order valence-electron chi connectivity index (χ1n) is 6.84. The van der Waals surface area contributed by atoms with Crippen LogP contribution in [0.15, 0.2) is 12.1 Å². The third kappa shape index (κ3) is 3.73. The van der Waals surface area contributed by atoms with Crippen LogP contribution in [0.25, 0.3) is 0 Å². The van der Waals surface area contributed by atoms with Crippen molar-refractivity contribution in [1.29, 1.82) is 0 Å². The number of rotatable bonds is 5. The van der Waals surface area contributed by atoms with Gasteiger partial charge in [0, 0.05) is 0 Å². The van der Waals surface area contributed by atoms with Gasteiger partial charge >= 0.3 is 5.97 Å². The number of esters is 1. The second-order valence-corrected chi connectivity index (χ2v) is 5.49. The van der Waals surface area contributed by atoms with Crippen molar-refractivity contribution in [1.82, 2.24) is 0 Å². The molecule has 0 heterocycles. The molecular weight excluding hydrogens is 256 g/mol. The highest BCUT2D eigenvalue weighted by atomic mass is 16.6. The van der Waals surface area contributed by atoms with Gasteiger partial charge in [0.15, 0.2) is 5.60 Å². The van der Waals surface area contributed by atoms with E-state index < -0.39 is 17.7 Å². The van der Waals surface area contributed by atoms with Gasteiger partial charge in [-0.15, -0.1) is 0 Å². The minimum absolute atomic E-state index is 0.324. The first kappa shape index (κ1) is 16.5. The maximum absolute atomic E-state index is 11.9. The number of ether oxygens (including phenoxy) is 2. The average Bonchev–Trinajstić information content (AvgIpc) is 2.33. The predicted octanol–water partition coefficient (Wildman–Crippen LogP) is 3.08. The summed E-state index contributed by atoms with van der Waals surface area (Å²) < 4.78 is 10.9. The Bertz CT molecular complexity index is 466. The molecule has 1 aromatic carbocycles. The molecule has 0 saturated heterocycles. The standard InChI is InChI=1S/C16H24O4/c1-7-19-15(18)16(5,6)20-14-10(2)8-13(12(4)17)9-11(14)3/h8-9,12,17H,7H2,1-6H3. The van der Waals surface area contributed by atoms with E-state index in [1.54, 1.807) is 27.7 Å². The smallest absolute Gasteiger partial charge is 0.349 e. The van der Waals surface area contributed by atoms with Crippen molar-refractivity contribution in [3.63, 3.8) is 0 Å². The summed E-state index contributed by atoms with van der Waals surface area (Å²) in [7, 11) is 0. The molecule has 1 rings (SSSR count). The molecule has 0 aromatic heterocycles. The average molecular weight is 280 g/mol. The largest absolute Gasteiger partial charge is 0.476 e. The van der Waals surface area contributed by atoms with Crippen molar-refractivity contribution in [2.45, 2.75) is 53.2 Å². The Morgan fingerprint density at radius 2 is 1.80 bits per heavy atom. The predicted molar refractivity (Wildman–Crippen MR) is 77.9 cm³/mol. The zero-order chi connectivity index (χ0) is 15.5. The van der Waals surface area contributed by atoms with Gasteiger partial charge in [0.2, 0.25) is 0 Å². The number of carbonyl (C=O) groups is 1. The lowest BCUT2D eigenvalue weighted by atomic mass is 10.0. The minimum Gasteiger partial charge on any atom is -0.476 e. The molecule has 1 unspecified atom stereocenters. The molecule has 0 spiro atoms. The van der Waals surface area contributed by atoms with Gasteiger partial charge in [-0.05, 0) is 70.4 Å². The fourth-order valence-corrected chi connectivity index (χ4v) is 1.99. The highest BCUT2D eigenvalue weighted by Crippen LogP contribution is 2.30. The number of benzene rings is 1. The van der Waals surface area contributed by atoms with Gasteiger partial charge in [-0.3, -0.25) is 0 Å². The number of hydrogen-bond donors (Lipinski definition) is 1. The molecule has 4 heteroatoms. The summed E-state index contributed by atoms with van der Waals surface area (Å²) >= 11 is 0. The van der Waals surface area contributed by atoms with Crippen LogP contribution in [0, 0.1) is 13.8 Å². The van der Waals surface area contributed by atoms with Gasteiger partial charge in [-0.2, -0.15) is 0 Å². The van der Waals surface area contributed by atoms with Gasteiger partial charge in [0.1, 0.15) is 5.75 Å². The molecule has 0 aliphatic rings. The molecule has 0 saturated carbocycles. The Morgan fingerprint density at radius 3 is 2.20 bits per heavy atom. The normalized spacial score (nSPS) is 12.9. The Kier molecular flexibility index (Phi) is 5.17. The third-order valence-electron chi connectivity index (χ3n) is 3.09. The van der Waals surface area contributed by atoms with E-state index in [0.29, 0.717) is 12.4 Å². The summed E-state index contributed by atoms with van der Waals surface area (Å²) in [5.41, 5.74) is 1.57. The second-order valence-electron chi connectivity index (χ2n) is 5.49. The number of aryl methyl sites for hydroxylation is 2. The Labute approximate surface area is 120 Å². The zero-order valence-corrected chi connectivity index (χ0v) is 13.1. The number of aliphatic hydroxyl groups is 1. The van der Waals surface area contributed by atoms with Crippen LogP contribution in [-0.4, -0.2) is 23.3 Å².